The zero-order chi connectivity index (χ0) is 10.9. The number of imidazole rings is 1. The van der Waals surface area contributed by atoms with Gasteiger partial charge in [-0.1, -0.05) is 12.1 Å². The van der Waals surface area contributed by atoms with Crippen molar-refractivity contribution in [2.45, 2.75) is 12.5 Å². The van der Waals surface area contributed by atoms with Crippen LogP contribution in [0.4, 0.5) is 4.39 Å². The minimum atomic E-state index is -1.30. The van der Waals surface area contributed by atoms with Gasteiger partial charge in [0.05, 0.1) is 0 Å². The molecule has 0 aliphatic heterocycles. The summed E-state index contributed by atoms with van der Waals surface area (Å²) in [6.07, 6.45) is 3.16. The highest BCUT2D eigenvalue weighted by molar-refractivity contribution is 5.28. The lowest BCUT2D eigenvalue weighted by Crippen LogP contribution is -2.24. The zero-order valence-corrected chi connectivity index (χ0v) is 8.24. The fraction of sp³-hybridized carbons (Fsp3) is 0.182. The van der Waals surface area contributed by atoms with E-state index in [1.807, 2.05) is 0 Å². The molecule has 0 fully saturated rings. The summed E-state index contributed by atoms with van der Waals surface area (Å²) < 4.78 is 13.0. The van der Waals surface area contributed by atoms with Gasteiger partial charge in [-0.15, -0.1) is 0 Å². The summed E-state index contributed by atoms with van der Waals surface area (Å²) >= 11 is 0. The third kappa shape index (κ3) is 1.76. The minimum absolute atomic E-state index is 0.376. The molecule has 1 unspecified atom stereocenters. The van der Waals surface area contributed by atoms with E-state index in [9.17, 15) is 9.50 Å². The van der Waals surface area contributed by atoms with Crippen LogP contribution in [0.25, 0.3) is 0 Å². The Morgan fingerprint density at radius 3 is 2.87 bits per heavy atom. The fourth-order valence-corrected chi connectivity index (χ4v) is 1.46. The number of rotatable bonds is 2. The van der Waals surface area contributed by atoms with Gasteiger partial charge in [-0.2, -0.15) is 0 Å². The lowest BCUT2D eigenvalue weighted by atomic mass is 9.95. The molecule has 1 aromatic carbocycles. The molecule has 0 saturated carbocycles. The Labute approximate surface area is 86.6 Å². The summed E-state index contributed by atoms with van der Waals surface area (Å²) in [7, 11) is 0. The van der Waals surface area contributed by atoms with Gasteiger partial charge in [-0.05, 0) is 24.6 Å². The monoisotopic (exact) mass is 206 g/mol. The minimum Gasteiger partial charge on any atom is -0.377 e. The summed E-state index contributed by atoms with van der Waals surface area (Å²) in [5.41, 5.74) is -0.830. The molecule has 0 bridgehead atoms. The van der Waals surface area contributed by atoms with E-state index in [0.29, 0.717) is 11.4 Å². The first-order chi connectivity index (χ1) is 7.10. The van der Waals surface area contributed by atoms with Crippen molar-refractivity contribution >= 4 is 0 Å². The molecule has 0 saturated heterocycles. The lowest BCUT2D eigenvalue weighted by Gasteiger charge is -2.21. The average Bonchev–Trinajstić information content (AvgIpc) is 2.71. The number of nitrogens with zero attached hydrogens (tertiary/aromatic N) is 1. The van der Waals surface area contributed by atoms with E-state index >= 15 is 0 Å². The van der Waals surface area contributed by atoms with Crippen molar-refractivity contribution in [1.29, 1.82) is 0 Å². The number of hydrogen-bond donors (Lipinski definition) is 2. The first-order valence-corrected chi connectivity index (χ1v) is 4.59. The zero-order valence-electron chi connectivity index (χ0n) is 8.24. The summed E-state index contributed by atoms with van der Waals surface area (Å²) in [4.78, 5) is 6.78. The van der Waals surface area contributed by atoms with Gasteiger partial charge in [-0.3, -0.25) is 0 Å². The van der Waals surface area contributed by atoms with Gasteiger partial charge in [0.25, 0.3) is 0 Å². The van der Waals surface area contributed by atoms with Crippen molar-refractivity contribution in [3.8, 4) is 0 Å². The Hall–Kier alpha value is -1.68. The Morgan fingerprint density at radius 2 is 2.27 bits per heavy atom. The molecule has 1 heterocycles. The topological polar surface area (TPSA) is 48.9 Å². The molecule has 2 aromatic rings. The maximum Gasteiger partial charge on any atom is 0.144 e. The highest BCUT2D eigenvalue weighted by atomic mass is 19.1. The van der Waals surface area contributed by atoms with Crippen LogP contribution in [-0.4, -0.2) is 15.1 Å². The molecule has 3 nitrogen and oxygen atoms in total. The van der Waals surface area contributed by atoms with Gasteiger partial charge in [-0.25, -0.2) is 9.37 Å². The number of nitrogens with one attached hydrogen (secondary N) is 1. The number of aliphatic hydroxyl groups is 1. The van der Waals surface area contributed by atoms with Crippen LogP contribution in [0.15, 0.2) is 36.7 Å². The van der Waals surface area contributed by atoms with E-state index in [4.69, 9.17) is 0 Å². The summed E-state index contributed by atoms with van der Waals surface area (Å²) in [5.74, 6) is 0.0208. The van der Waals surface area contributed by atoms with Crippen molar-refractivity contribution in [1.82, 2.24) is 9.97 Å². The Balaban J connectivity index is 2.46. The van der Waals surface area contributed by atoms with E-state index in [0.717, 1.165) is 0 Å². The Morgan fingerprint density at radius 1 is 1.47 bits per heavy atom. The molecule has 2 N–H and O–H groups in total. The van der Waals surface area contributed by atoms with Crippen molar-refractivity contribution in [3.63, 3.8) is 0 Å². The number of aromatic amines is 1. The Bertz CT molecular complexity index is 451. The molecule has 2 rings (SSSR count). The van der Waals surface area contributed by atoms with Crippen LogP contribution < -0.4 is 0 Å². The second-order valence-corrected chi connectivity index (χ2v) is 3.52. The normalized spacial score (nSPS) is 14.9. The molecule has 0 radical (unpaired) electrons. The van der Waals surface area contributed by atoms with Gasteiger partial charge < -0.3 is 10.1 Å². The maximum atomic E-state index is 13.0. The lowest BCUT2D eigenvalue weighted by molar-refractivity contribution is 0.0928. The second kappa shape index (κ2) is 3.47. The van der Waals surface area contributed by atoms with Crippen molar-refractivity contribution in [2.75, 3.05) is 0 Å². The van der Waals surface area contributed by atoms with E-state index in [1.54, 1.807) is 31.5 Å². The third-order valence-corrected chi connectivity index (χ3v) is 2.35. The molecular formula is C11H11FN2O. The van der Waals surface area contributed by atoms with Gasteiger partial charge in [0, 0.05) is 12.4 Å². The second-order valence-electron chi connectivity index (χ2n) is 3.52. The molecule has 15 heavy (non-hydrogen) atoms. The first kappa shape index (κ1) is 9.86. The quantitative estimate of drug-likeness (QED) is 0.787. The Kier molecular flexibility index (Phi) is 2.28. The number of halogens is 1. The van der Waals surface area contributed by atoms with Crippen LogP contribution in [0.1, 0.15) is 18.3 Å². The van der Waals surface area contributed by atoms with Crippen molar-refractivity contribution in [3.05, 3.63) is 53.9 Å². The highest BCUT2D eigenvalue weighted by Gasteiger charge is 2.28. The highest BCUT2D eigenvalue weighted by Crippen LogP contribution is 2.26. The summed E-state index contributed by atoms with van der Waals surface area (Å²) in [5, 5.41) is 10.2. The molecule has 1 atom stereocenters. The van der Waals surface area contributed by atoms with Gasteiger partial charge in [0.1, 0.15) is 17.2 Å². The van der Waals surface area contributed by atoms with E-state index in [-0.39, 0.29) is 5.82 Å². The molecular weight excluding hydrogens is 195 g/mol. The van der Waals surface area contributed by atoms with E-state index in [1.165, 1.54) is 12.1 Å². The molecule has 1 aromatic heterocycles. The standard InChI is InChI=1S/C11H11FN2O/c1-11(15,10-13-5-6-14-10)8-3-2-4-9(12)7-8/h2-7,15H,1H3,(H,13,14). The first-order valence-electron chi connectivity index (χ1n) is 4.59. The summed E-state index contributed by atoms with van der Waals surface area (Å²) in [6, 6.07) is 5.85. The number of H-pyrrole nitrogens is 1. The van der Waals surface area contributed by atoms with Gasteiger partial charge >= 0.3 is 0 Å². The van der Waals surface area contributed by atoms with Crippen molar-refractivity contribution in [2.24, 2.45) is 0 Å². The predicted molar refractivity (Wildman–Crippen MR) is 53.7 cm³/mol. The predicted octanol–water partition coefficient (Wildman–Crippen LogP) is 1.80. The molecule has 0 amide bonds. The van der Waals surface area contributed by atoms with Gasteiger partial charge in [0.2, 0.25) is 0 Å². The van der Waals surface area contributed by atoms with Crippen LogP contribution in [0, 0.1) is 5.82 Å². The largest absolute Gasteiger partial charge is 0.377 e. The molecule has 78 valence electrons. The summed E-state index contributed by atoms with van der Waals surface area (Å²) in [6.45, 7) is 1.57. The molecule has 0 spiro atoms. The smallest absolute Gasteiger partial charge is 0.144 e. The van der Waals surface area contributed by atoms with Crippen LogP contribution in [0.3, 0.4) is 0 Å². The van der Waals surface area contributed by atoms with Crippen LogP contribution in [0.5, 0.6) is 0 Å². The van der Waals surface area contributed by atoms with E-state index < -0.39 is 5.60 Å². The maximum absolute atomic E-state index is 13.0. The van der Waals surface area contributed by atoms with Crippen molar-refractivity contribution < 1.29 is 9.50 Å². The molecule has 0 aliphatic rings. The van der Waals surface area contributed by atoms with Crippen LogP contribution in [0.2, 0.25) is 0 Å². The number of hydrogen-bond acceptors (Lipinski definition) is 2. The number of aromatic nitrogens is 2. The number of benzene rings is 1. The van der Waals surface area contributed by atoms with Crippen LogP contribution in [-0.2, 0) is 5.60 Å². The molecule has 0 aliphatic carbocycles. The van der Waals surface area contributed by atoms with E-state index in [2.05, 4.69) is 9.97 Å². The average molecular weight is 206 g/mol. The SMILES string of the molecule is CC(O)(c1cccc(F)c1)c1ncc[nH]1. The fourth-order valence-electron chi connectivity index (χ4n) is 1.46. The molecule has 4 heteroatoms. The van der Waals surface area contributed by atoms with Crippen LogP contribution >= 0.6 is 0 Å². The third-order valence-electron chi connectivity index (χ3n) is 2.35. The van der Waals surface area contributed by atoms with Gasteiger partial charge in [0.15, 0.2) is 0 Å².